The fraction of sp³-hybridized carbons (Fsp3) is 0.600. The Balaban J connectivity index is 2.17. The molecular weight excluding hydrogens is 256 g/mol. The minimum absolute atomic E-state index is 0.0333. The summed E-state index contributed by atoms with van der Waals surface area (Å²) in [4.78, 5) is 22.3. The molecule has 2 N–H and O–H groups in total. The molecule has 0 spiro atoms. The normalized spacial score (nSPS) is 10.4. The van der Waals surface area contributed by atoms with Gasteiger partial charge < -0.3 is 15.0 Å². The molecule has 1 aromatic rings. The molecule has 0 aliphatic rings. The molecule has 1 rings (SSSR count). The van der Waals surface area contributed by atoms with Crippen molar-refractivity contribution in [3.05, 3.63) is 24.0 Å². The molecule has 1 heterocycles. The van der Waals surface area contributed by atoms with E-state index in [1.165, 1.54) is 0 Å². The Hall–Kier alpha value is -1.78. The van der Waals surface area contributed by atoms with Crippen molar-refractivity contribution in [3.63, 3.8) is 0 Å². The first kappa shape index (κ1) is 16.3. The molecule has 112 valence electrons. The zero-order valence-corrected chi connectivity index (χ0v) is 12.1. The lowest BCUT2D eigenvalue weighted by Gasteiger charge is -2.08. The van der Waals surface area contributed by atoms with E-state index in [2.05, 4.69) is 12.2 Å². The van der Waals surface area contributed by atoms with Crippen LogP contribution in [0.25, 0.3) is 0 Å². The minimum Gasteiger partial charge on any atom is -0.481 e. The van der Waals surface area contributed by atoms with Gasteiger partial charge in [-0.25, -0.2) is 0 Å². The van der Waals surface area contributed by atoms with Crippen LogP contribution in [0.4, 0.5) is 0 Å². The van der Waals surface area contributed by atoms with Crippen molar-refractivity contribution in [2.75, 3.05) is 6.54 Å². The zero-order chi connectivity index (χ0) is 14.8. The number of hydrogen-bond acceptors (Lipinski definition) is 2. The number of nitrogens with zero attached hydrogens (tertiary/aromatic N) is 1. The van der Waals surface area contributed by atoms with Gasteiger partial charge in [0.05, 0.1) is 0 Å². The number of rotatable bonds is 10. The summed E-state index contributed by atoms with van der Waals surface area (Å²) < 4.78 is 1.96. The van der Waals surface area contributed by atoms with Crippen molar-refractivity contribution in [2.24, 2.45) is 0 Å². The molecular formula is C15H24N2O3. The number of hydrogen-bond donors (Lipinski definition) is 2. The summed E-state index contributed by atoms with van der Waals surface area (Å²) >= 11 is 0. The van der Waals surface area contributed by atoms with E-state index in [0.29, 0.717) is 18.7 Å². The van der Waals surface area contributed by atoms with Crippen LogP contribution in [-0.2, 0) is 11.3 Å². The number of carbonyl (C=O) groups excluding carboxylic acids is 1. The molecule has 0 aromatic carbocycles. The highest BCUT2D eigenvalue weighted by Gasteiger charge is 2.09. The molecule has 0 aliphatic carbocycles. The van der Waals surface area contributed by atoms with Gasteiger partial charge in [0, 0.05) is 25.7 Å². The topological polar surface area (TPSA) is 71.3 Å². The smallest absolute Gasteiger partial charge is 0.303 e. The Bertz CT molecular complexity index is 427. The number of aryl methyl sites for hydroxylation is 1. The maximum Gasteiger partial charge on any atom is 0.303 e. The Labute approximate surface area is 120 Å². The number of amides is 1. The Kier molecular flexibility index (Phi) is 7.47. The lowest BCUT2D eigenvalue weighted by molar-refractivity contribution is -0.137. The minimum atomic E-state index is -0.741. The summed E-state index contributed by atoms with van der Waals surface area (Å²) in [6.45, 7) is 3.58. The van der Waals surface area contributed by atoms with Crippen LogP contribution in [-0.4, -0.2) is 28.1 Å². The van der Waals surface area contributed by atoms with Gasteiger partial charge in [0.25, 0.3) is 5.91 Å². The maximum absolute atomic E-state index is 12.0. The van der Waals surface area contributed by atoms with E-state index < -0.39 is 5.97 Å². The highest BCUT2D eigenvalue weighted by molar-refractivity contribution is 5.92. The predicted molar refractivity (Wildman–Crippen MR) is 77.8 cm³/mol. The highest BCUT2D eigenvalue weighted by Crippen LogP contribution is 2.05. The Morgan fingerprint density at radius 3 is 2.70 bits per heavy atom. The van der Waals surface area contributed by atoms with Crippen LogP contribution in [0, 0.1) is 0 Å². The second kappa shape index (κ2) is 9.18. The van der Waals surface area contributed by atoms with Crippen LogP contribution in [0.15, 0.2) is 18.3 Å². The fourth-order valence-electron chi connectivity index (χ4n) is 2.10. The number of nitrogens with one attached hydrogen (secondary N) is 1. The van der Waals surface area contributed by atoms with Gasteiger partial charge in [-0.2, -0.15) is 0 Å². The summed E-state index contributed by atoms with van der Waals surface area (Å²) in [6.07, 6.45) is 6.60. The van der Waals surface area contributed by atoms with E-state index >= 15 is 0 Å². The number of unbranched alkanes of at least 4 members (excludes halogenated alkanes) is 3. The molecule has 0 radical (unpaired) electrons. The van der Waals surface area contributed by atoms with E-state index in [9.17, 15) is 9.59 Å². The van der Waals surface area contributed by atoms with E-state index in [4.69, 9.17) is 5.11 Å². The van der Waals surface area contributed by atoms with E-state index in [0.717, 1.165) is 32.2 Å². The van der Waals surface area contributed by atoms with Gasteiger partial charge >= 0.3 is 5.97 Å². The number of aliphatic carboxylic acids is 1. The van der Waals surface area contributed by atoms with Gasteiger partial charge in [-0.15, -0.1) is 0 Å². The van der Waals surface area contributed by atoms with Crippen LogP contribution < -0.4 is 5.32 Å². The number of carbonyl (C=O) groups is 2. The molecule has 1 amide bonds. The first-order valence-electron chi connectivity index (χ1n) is 7.30. The molecule has 0 saturated carbocycles. The monoisotopic (exact) mass is 280 g/mol. The fourth-order valence-corrected chi connectivity index (χ4v) is 2.10. The van der Waals surface area contributed by atoms with Gasteiger partial charge in [0.1, 0.15) is 5.69 Å². The molecule has 5 nitrogen and oxygen atoms in total. The second-order valence-corrected chi connectivity index (χ2v) is 4.90. The molecule has 0 saturated heterocycles. The SMILES string of the molecule is CCCn1cccc1C(=O)NCCCCCCC(=O)O. The van der Waals surface area contributed by atoms with Crippen LogP contribution in [0.2, 0.25) is 0 Å². The molecule has 20 heavy (non-hydrogen) atoms. The van der Waals surface area contributed by atoms with Gasteiger partial charge in [-0.1, -0.05) is 19.8 Å². The zero-order valence-electron chi connectivity index (χ0n) is 12.1. The summed E-state index contributed by atoms with van der Waals surface area (Å²) in [5, 5.41) is 11.4. The summed E-state index contributed by atoms with van der Waals surface area (Å²) in [5.41, 5.74) is 0.706. The number of carboxylic acids is 1. The third-order valence-electron chi connectivity index (χ3n) is 3.13. The van der Waals surface area contributed by atoms with Crippen LogP contribution in [0.1, 0.15) is 55.9 Å². The molecule has 0 fully saturated rings. The number of aromatic nitrogens is 1. The third kappa shape index (κ3) is 5.91. The standard InChI is InChI=1S/C15H24N2O3/c1-2-11-17-12-7-8-13(17)15(20)16-10-6-4-3-5-9-14(18)19/h7-8,12H,2-6,9-11H2,1H3,(H,16,20)(H,18,19). The van der Waals surface area contributed by atoms with Gasteiger partial charge in [0.2, 0.25) is 0 Å². The maximum atomic E-state index is 12.0. The predicted octanol–water partition coefficient (Wildman–Crippen LogP) is 2.66. The molecule has 0 aliphatic heterocycles. The van der Waals surface area contributed by atoms with Crippen LogP contribution in [0.3, 0.4) is 0 Å². The van der Waals surface area contributed by atoms with Gasteiger partial charge in [-0.3, -0.25) is 9.59 Å². The first-order valence-corrected chi connectivity index (χ1v) is 7.30. The lowest BCUT2D eigenvalue weighted by Crippen LogP contribution is -2.26. The van der Waals surface area contributed by atoms with E-state index in [1.54, 1.807) is 0 Å². The molecule has 0 atom stereocenters. The van der Waals surface area contributed by atoms with Crippen LogP contribution in [0.5, 0.6) is 0 Å². The average Bonchev–Trinajstić information content (AvgIpc) is 2.86. The van der Waals surface area contributed by atoms with Crippen molar-refractivity contribution in [1.29, 1.82) is 0 Å². The molecule has 0 bridgehead atoms. The van der Waals surface area contributed by atoms with Gasteiger partial charge in [-0.05, 0) is 31.4 Å². The second-order valence-electron chi connectivity index (χ2n) is 4.90. The van der Waals surface area contributed by atoms with Gasteiger partial charge in [0.15, 0.2) is 0 Å². The largest absolute Gasteiger partial charge is 0.481 e. The summed E-state index contributed by atoms with van der Waals surface area (Å²) in [7, 11) is 0. The third-order valence-corrected chi connectivity index (χ3v) is 3.13. The van der Waals surface area contributed by atoms with Crippen molar-refractivity contribution < 1.29 is 14.7 Å². The quantitative estimate of drug-likeness (QED) is 0.647. The average molecular weight is 280 g/mol. The van der Waals surface area contributed by atoms with Crippen molar-refractivity contribution in [2.45, 2.75) is 52.0 Å². The Morgan fingerprint density at radius 1 is 1.25 bits per heavy atom. The van der Waals surface area contributed by atoms with Crippen LogP contribution >= 0.6 is 0 Å². The molecule has 1 aromatic heterocycles. The summed E-state index contributed by atoms with van der Waals surface area (Å²) in [5.74, 6) is -0.774. The number of carboxylic acid groups (broad SMARTS) is 1. The van der Waals surface area contributed by atoms with E-state index in [1.807, 2.05) is 22.9 Å². The molecule has 5 heteroatoms. The lowest BCUT2D eigenvalue weighted by atomic mass is 10.1. The highest BCUT2D eigenvalue weighted by atomic mass is 16.4. The van der Waals surface area contributed by atoms with E-state index in [-0.39, 0.29) is 12.3 Å². The Morgan fingerprint density at radius 2 is 2.00 bits per heavy atom. The van der Waals surface area contributed by atoms with Crippen molar-refractivity contribution >= 4 is 11.9 Å². The first-order chi connectivity index (χ1) is 9.65. The van der Waals surface area contributed by atoms with Crippen molar-refractivity contribution in [1.82, 2.24) is 9.88 Å². The van der Waals surface area contributed by atoms with Crippen molar-refractivity contribution in [3.8, 4) is 0 Å². The summed E-state index contributed by atoms with van der Waals surface area (Å²) in [6, 6.07) is 3.72. The molecule has 0 unspecified atom stereocenters.